The molecule has 0 radical (unpaired) electrons. The molecule has 0 saturated heterocycles. The number of aliphatic hydroxyl groups excluding tert-OH is 1. The summed E-state index contributed by atoms with van der Waals surface area (Å²) in [6.07, 6.45) is -0.247. The van der Waals surface area contributed by atoms with Crippen molar-refractivity contribution in [3.05, 3.63) is 29.6 Å². The van der Waals surface area contributed by atoms with Gasteiger partial charge in [0.25, 0.3) is 0 Å². The van der Waals surface area contributed by atoms with E-state index in [0.29, 0.717) is 24.3 Å². The van der Waals surface area contributed by atoms with Crippen LogP contribution >= 0.6 is 0 Å². The van der Waals surface area contributed by atoms with E-state index in [2.05, 4.69) is 0 Å². The van der Waals surface area contributed by atoms with Crippen molar-refractivity contribution in [3.8, 4) is 5.75 Å². The molecule has 0 unspecified atom stereocenters. The molecule has 1 aromatic rings. The lowest BCUT2D eigenvalue weighted by Gasteiger charge is -2.21. The Labute approximate surface area is 69.6 Å². The molecule has 0 aromatic heterocycles. The fraction of sp³-hybridized carbons (Fsp3) is 0.333. The van der Waals surface area contributed by atoms with Crippen molar-refractivity contribution in [2.24, 2.45) is 0 Å². The molecule has 0 bridgehead atoms. The van der Waals surface area contributed by atoms with Crippen LogP contribution in [-0.2, 0) is 0 Å². The molecule has 1 aromatic carbocycles. The fourth-order valence-electron chi connectivity index (χ4n) is 1.39. The van der Waals surface area contributed by atoms with Gasteiger partial charge in [-0.05, 0) is 12.1 Å². The third kappa shape index (κ3) is 1.06. The van der Waals surface area contributed by atoms with Crippen LogP contribution in [-0.4, -0.2) is 11.7 Å². The van der Waals surface area contributed by atoms with Crippen LogP contribution in [0.25, 0.3) is 0 Å². The molecule has 64 valence electrons. The summed E-state index contributed by atoms with van der Waals surface area (Å²) in [5.41, 5.74) is 0.295. The molecule has 1 heterocycles. The first kappa shape index (κ1) is 7.55. The molecule has 3 heteroatoms. The van der Waals surface area contributed by atoms with E-state index in [0.717, 1.165) is 0 Å². The summed E-state index contributed by atoms with van der Waals surface area (Å²) in [6, 6.07) is 4.57. The van der Waals surface area contributed by atoms with E-state index in [1.807, 2.05) is 0 Å². The average molecular weight is 168 g/mol. The number of hydrogen-bond acceptors (Lipinski definition) is 2. The molecule has 1 aliphatic rings. The number of benzene rings is 1. The first-order chi connectivity index (χ1) is 5.79. The van der Waals surface area contributed by atoms with Crippen molar-refractivity contribution in [3.63, 3.8) is 0 Å². The van der Waals surface area contributed by atoms with Gasteiger partial charge in [-0.25, -0.2) is 4.39 Å². The molecule has 0 saturated carbocycles. The van der Waals surface area contributed by atoms with E-state index >= 15 is 0 Å². The molecule has 0 fully saturated rings. The normalized spacial score (nSPS) is 21.3. The SMILES string of the molecule is O[C@H]1CCOc2cccc(F)c21. The molecule has 2 rings (SSSR count). The minimum Gasteiger partial charge on any atom is -0.493 e. The highest BCUT2D eigenvalue weighted by Crippen LogP contribution is 2.33. The summed E-state index contributed by atoms with van der Waals surface area (Å²) in [5, 5.41) is 9.42. The van der Waals surface area contributed by atoms with Gasteiger partial charge in [0.1, 0.15) is 11.6 Å². The van der Waals surface area contributed by atoms with Gasteiger partial charge in [-0.15, -0.1) is 0 Å². The third-order valence-electron chi connectivity index (χ3n) is 1.99. The highest BCUT2D eigenvalue weighted by atomic mass is 19.1. The van der Waals surface area contributed by atoms with Gasteiger partial charge >= 0.3 is 0 Å². The van der Waals surface area contributed by atoms with Gasteiger partial charge in [0.15, 0.2) is 0 Å². The van der Waals surface area contributed by atoms with Gasteiger partial charge in [0.05, 0.1) is 18.3 Å². The Hall–Kier alpha value is -1.09. The second-order valence-electron chi connectivity index (χ2n) is 2.80. The zero-order valence-corrected chi connectivity index (χ0v) is 6.46. The maximum atomic E-state index is 13.1. The van der Waals surface area contributed by atoms with Gasteiger partial charge in [0, 0.05) is 6.42 Å². The van der Waals surface area contributed by atoms with Crippen LogP contribution in [0.2, 0.25) is 0 Å². The third-order valence-corrected chi connectivity index (χ3v) is 1.99. The maximum Gasteiger partial charge on any atom is 0.132 e. The highest BCUT2D eigenvalue weighted by molar-refractivity contribution is 5.37. The Morgan fingerprint density at radius 3 is 3.08 bits per heavy atom. The summed E-state index contributed by atoms with van der Waals surface area (Å²) in [6.45, 7) is 0.456. The zero-order chi connectivity index (χ0) is 8.55. The number of halogens is 1. The molecule has 0 amide bonds. The van der Waals surface area contributed by atoms with E-state index < -0.39 is 6.10 Å². The Balaban J connectivity index is 2.53. The molecule has 0 aliphatic carbocycles. The number of hydrogen-bond donors (Lipinski definition) is 1. The summed E-state index contributed by atoms with van der Waals surface area (Å²) in [5.74, 6) is 0.0773. The zero-order valence-electron chi connectivity index (χ0n) is 6.46. The van der Waals surface area contributed by atoms with Crippen LogP contribution in [0, 0.1) is 5.82 Å². The molecule has 2 nitrogen and oxygen atoms in total. The largest absolute Gasteiger partial charge is 0.493 e. The summed E-state index contributed by atoms with van der Waals surface area (Å²) < 4.78 is 18.3. The van der Waals surface area contributed by atoms with Gasteiger partial charge in [-0.2, -0.15) is 0 Å². The number of aliphatic hydroxyl groups is 1. The quantitative estimate of drug-likeness (QED) is 0.638. The second-order valence-corrected chi connectivity index (χ2v) is 2.80. The van der Waals surface area contributed by atoms with E-state index in [4.69, 9.17) is 4.74 Å². The lowest BCUT2D eigenvalue weighted by molar-refractivity contribution is 0.111. The lowest BCUT2D eigenvalue weighted by Crippen LogP contribution is -2.15. The Morgan fingerprint density at radius 1 is 1.50 bits per heavy atom. The summed E-state index contributed by atoms with van der Waals surface area (Å²) in [4.78, 5) is 0. The van der Waals surface area contributed by atoms with Crippen molar-refractivity contribution in [2.45, 2.75) is 12.5 Å². The minimum absolute atomic E-state index is 0.295. The van der Waals surface area contributed by atoms with Gasteiger partial charge in [0.2, 0.25) is 0 Å². The lowest BCUT2D eigenvalue weighted by atomic mass is 10.0. The van der Waals surface area contributed by atoms with E-state index in [9.17, 15) is 9.50 Å². The highest BCUT2D eigenvalue weighted by Gasteiger charge is 2.22. The van der Waals surface area contributed by atoms with Crippen molar-refractivity contribution in [1.82, 2.24) is 0 Å². The first-order valence-electron chi connectivity index (χ1n) is 3.88. The summed E-state index contributed by atoms with van der Waals surface area (Å²) in [7, 11) is 0. The van der Waals surface area contributed by atoms with E-state index in [-0.39, 0.29) is 5.82 Å². The minimum atomic E-state index is -0.713. The molecule has 12 heavy (non-hydrogen) atoms. The topological polar surface area (TPSA) is 29.5 Å². The van der Waals surface area contributed by atoms with Crippen LogP contribution in [0.15, 0.2) is 18.2 Å². The predicted molar refractivity (Wildman–Crippen MR) is 41.5 cm³/mol. The average Bonchev–Trinajstić information content (AvgIpc) is 2.04. The van der Waals surface area contributed by atoms with Crippen LogP contribution in [0.3, 0.4) is 0 Å². The standard InChI is InChI=1S/C9H9FO2/c10-6-2-1-3-8-9(6)7(11)4-5-12-8/h1-3,7,11H,4-5H2/t7-/m0/s1. The predicted octanol–water partition coefficient (Wildman–Crippen LogP) is 1.64. The van der Waals surface area contributed by atoms with Crippen LogP contribution in [0.1, 0.15) is 18.1 Å². The van der Waals surface area contributed by atoms with E-state index in [1.165, 1.54) is 6.07 Å². The van der Waals surface area contributed by atoms with E-state index in [1.54, 1.807) is 12.1 Å². The number of fused-ring (bicyclic) bond motifs is 1. The molecule has 0 spiro atoms. The van der Waals surface area contributed by atoms with Crippen LogP contribution in [0.5, 0.6) is 5.75 Å². The Kier molecular flexibility index (Phi) is 1.73. The van der Waals surface area contributed by atoms with Crippen LogP contribution in [0.4, 0.5) is 4.39 Å². The number of rotatable bonds is 0. The smallest absolute Gasteiger partial charge is 0.132 e. The van der Waals surface area contributed by atoms with Crippen molar-refractivity contribution in [1.29, 1.82) is 0 Å². The fourth-order valence-corrected chi connectivity index (χ4v) is 1.39. The van der Waals surface area contributed by atoms with Crippen molar-refractivity contribution in [2.75, 3.05) is 6.61 Å². The Morgan fingerprint density at radius 2 is 2.33 bits per heavy atom. The van der Waals surface area contributed by atoms with Crippen LogP contribution < -0.4 is 4.74 Å². The van der Waals surface area contributed by atoms with Crippen molar-refractivity contribution < 1.29 is 14.2 Å². The maximum absolute atomic E-state index is 13.1. The first-order valence-corrected chi connectivity index (χ1v) is 3.88. The Bertz CT molecular complexity index is 299. The molecule has 1 aliphatic heterocycles. The van der Waals surface area contributed by atoms with Gasteiger partial charge in [-0.1, -0.05) is 6.07 Å². The second kappa shape index (κ2) is 2.75. The van der Waals surface area contributed by atoms with Gasteiger partial charge in [-0.3, -0.25) is 0 Å². The van der Waals surface area contributed by atoms with Crippen molar-refractivity contribution >= 4 is 0 Å². The molecular formula is C9H9FO2. The summed E-state index contributed by atoms with van der Waals surface area (Å²) >= 11 is 0. The molecule has 1 N–H and O–H groups in total. The monoisotopic (exact) mass is 168 g/mol. The molecule has 1 atom stereocenters. The number of ether oxygens (including phenoxy) is 1. The molecular weight excluding hydrogens is 159 g/mol. The van der Waals surface area contributed by atoms with Gasteiger partial charge < -0.3 is 9.84 Å².